The molecule has 1 saturated carbocycles. The first-order valence-corrected chi connectivity index (χ1v) is 10.9. The molecule has 27 heavy (non-hydrogen) atoms. The van der Waals surface area contributed by atoms with Gasteiger partial charge >= 0.3 is 6.36 Å². The quantitative estimate of drug-likeness (QED) is 0.390. The van der Waals surface area contributed by atoms with Crippen LogP contribution < -0.4 is 0 Å². The van der Waals surface area contributed by atoms with Crippen LogP contribution in [0, 0.1) is 17.8 Å². The van der Waals surface area contributed by atoms with Gasteiger partial charge in [-0.1, -0.05) is 57.3 Å². The van der Waals surface area contributed by atoms with E-state index < -0.39 is 6.36 Å². The van der Waals surface area contributed by atoms with Crippen LogP contribution in [0.2, 0.25) is 0 Å². The SMILES string of the molecule is CCCCC(CCCC1C=CC=C(OC(F)(F)F)C=C1)C1CCC(S)CC1. The van der Waals surface area contributed by atoms with Gasteiger partial charge in [0, 0.05) is 5.25 Å². The Bertz CT molecular complexity index is 516. The number of hydrogen-bond donors (Lipinski definition) is 1. The zero-order chi connectivity index (χ0) is 19.7. The van der Waals surface area contributed by atoms with Crippen molar-refractivity contribution in [1.29, 1.82) is 0 Å². The van der Waals surface area contributed by atoms with E-state index in [-0.39, 0.29) is 11.7 Å². The first kappa shape index (κ1) is 22.4. The van der Waals surface area contributed by atoms with E-state index >= 15 is 0 Å². The molecular weight excluding hydrogens is 369 g/mol. The van der Waals surface area contributed by atoms with Crippen LogP contribution in [0.15, 0.2) is 36.1 Å². The zero-order valence-corrected chi connectivity index (χ0v) is 17.2. The fraction of sp³-hybridized carbons (Fsp3) is 0.727. The topological polar surface area (TPSA) is 9.23 Å². The van der Waals surface area contributed by atoms with Crippen LogP contribution in [0.25, 0.3) is 0 Å². The van der Waals surface area contributed by atoms with Gasteiger partial charge in [-0.3, -0.25) is 0 Å². The highest BCUT2D eigenvalue weighted by atomic mass is 32.1. The van der Waals surface area contributed by atoms with Crippen molar-refractivity contribution in [3.05, 3.63) is 36.1 Å². The number of allylic oxidation sites excluding steroid dienone is 5. The van der Waals surface area contributed by atoms with E-state index in [1.165, 1.54) is 63.5 Å². The van der Waals surface area contributed by atoms with Gasteiger partial charge in [0.25, 0.3) is 0 Å². The van der Waals surface area contributed by atoms with Crippen molar-refractivity contribution in [3.8, 4) is 0 Å². The fourth-order valence-electron chi connectivity index (χ4n) is 4.30. The Morgan fingerprint density at radius 1 is 1.11 bits per heavy atom. The molecule has 5 heteroatoms. The van der Waals surface area contributed by atoms with Gasteiger partial charge in [-0.2, -0.15) is 12.6 Å². The summed E-state index contributed by atoms with van der Waals surface area (Å²) in [7, 11) is 0. The van der Waals surface area contributed by atoms with E-state index in [4.69, 9.17) is 0 Å². The summed E-state index contributed by atoms with van der Waals surface area (Å²) in [5.74, 6) is 1.64. The number of unbranched alkanes of at least 4 members (excludes halogenated alkanes) is 1. The van der Waals surface area contributed by atoms with E-state index in [9.17, 15) is 13.2 Å². The number of ether oxygens (including phenoxy) is 1. The van der Waals surface area contributed by atoms with Crippen molar-refractivity contribution >= 4 is 12.6 Å². The minimum absolute atomic E-state index is 0.148. The molecule has 2 aliphatic rings. The van der Waals surface area contributed by atoms with Crippen LogP contribution in [0.4, 0.5) is 13.2 Å². The maximum Gasteiger partial charge on any atom is 0.573 e. The predicted molar refractivity (Wildman–Crippen MR) is 109 cm³/mol. The lowest BCUT2D eigenvalue weighted by molar-refractivity contribution is -0.303. The van der Waals surface area contributed by atoms with E-state index in [0.29, 0.717) is 5.25 Å². The normalized spacial score (nSPS) is 27.1. The summed E-state index contributed by atoms with van der Waals surface area (Å²) < 4.78 is 41.0. The van der Waals surface area contributed by atoms with E-state index in [1.54, 1.807) is 6.08 Å². The number of alkyl halides is 3. The molecule has 2 aliphatic carbocycles. The average molecular weight is 403 g/mol. The van der Waals surface area contributed by atoms with Crippen molar-refractivity contribution in [2.24, 2.45) is 17.8 Å². The molecule has 0 spiro atoms. The first-order valence-electron chi connectivity index (χ1n) is 10.4. The van der Waals surface area contributed by atoms with Crippen molar-refractivity contribution < 1.29 is 17.9 Å². The van der Waals surface area contributed by atoms with Gasteiger partial charge in [0.2, 0.25) is 0 Å². The number of hydrogen-bond acceptors (Lipinski definition) is 2. The second kappa shape index (κ2) is 11.2. The van der Waals surface area contributed by atoms with E-state index in [0.717, 1.165) is 24.7 Å². The van der Waals surface area contributed by atoms with Gasteiger partial charge < -0.3 is 4.74 Å². The van der Waals surface area contributed by atoms with Crippen LogP contribution >= 0.6 is 12.6 Å². The number of halogens is 3. The van der Waals surface area contributed by atoms with E-state index in [1.807, 2.05) is 12.2 Å². The van der Waals surface area contributed by atoms with Gasteiger partial charge in [-0.05, 0) is 62.0 Å². The maximum atomic E-state index is 12.3. The Balaban J connectivity index is 1.79. The smallest absolute Gasteiger partial charge is 0.406 e. The fourth-order valence-corrected chi connectivity index (χ4v) is 4.59. The van der Waals surface area contributed by atoms with Crippen LogP contribution in [0.5, 0.6) is 0 Å². The van der Waals surface area contributed by atoms with Gasteiger partial charge in [0.1, 0.15) is 5.76 Å². The molecule has 0 aromatic carbocycles. The zero-order valence-electron chi connectivity index (χ0n) is 16.3. The van der Waals surface area contributed by atoms with Crippen molar-refractivity contribution in [2.45, 2.75) is 82.7 Å². The molecule has 0 heterocycles. The molecule has 0 bridgehead atoms. The molecule has 1 nitrogen and oxygen atoms in total. The molecule has 0 aromatic rings. The molecule has 2 atom stereocenters. The average Bonchev–Trinajstić information content (AvgIpc) is 2.82. The van der Waals surface area contributed by atoms with Gasteiger partial charge in [0.05, 0.1) is 0 Å². The Morgan fingerprint density at radius 3 is 2.48 bits per heavy atom. The molecule has 0 saturated heterocycles. The lowest BCUT2D eigenvalue weighted by Gasteiger charge is -2.33. The highest BCUT2D eigenvalue weighted by Crippen LogP contribution is 2.37. The van der Waals surface area contributed by atoms with E-state index in [2.05, 4.69) is 24.3 Å². The third kappa shape index (κ3) is 8.80. The highest BCUT2D eigenvalue weighted by molar-refractivity contribution is 7.80. The van der Waals surface area contributed by atoms with Crippen LogP contribution in [0.3, 0.4) is 0 Å². The number of thiol groups is 1. The summed E-state index contributed by atoms with van der Waals surface area (Å²) in [6.45, 7) is 2.25. The number of rotatable bonds is 9. The highest BCUT2D eigenvalue weighted by Gasteiger charge is 2.31. The van der Waals surface area contributed by atoms with Crippen LogP contribution in [-0.2, 0) is 4.74 Å². The predicted octanol–water partition coefficient (Wildman–Crippen LogP) is 7.61. The Morgan fingerprint density at radius 2 is 1.81 bits per heavy atom. The second-order valence-corrected chi connectivity index (χ2v) is 8.66. The molecule has 2 unspecified atom stereocenters. The van der Waals surface area contributed by atoms with Crippen molar-refractivity contribution in [2.75, 3.05) is 0 Å². The lowest BCUT2D eigenvalue weighted by atomic mass is 9.75. The lowest BCUT2D eigenvalue weighted by Crippen LogP contribution is -2.22. The monoisotopic (exact) mass is 402 g/mol. The molecule has 0 amide bonds. The van der Waals surface area contributed by atoms with Gasteiger partial charge in [-0.25, -0.2) is 0 Å². The van der Waals surface area contributed by atoms with Crippen molar-refractivity contribution in [1.82, 2.24) is 0 Å². The molecule has 0 N–H and O–H groups in total. The molecule has 0 radical (unpaired) electrons. The molecule has 1 fully saturated rings. The first-order chi connectivity index (χ1) is 12.9. The summed E-state index contributed by atoms with van der Waals surface area (Å²) in [4.78, 5) is 0. The van der Waals surface area contributed by atoms with Gasteiger partial charge in [-0.15, -0.1) is 13.2 Å². The Hall–Kier alpha value is -0.840. The van der Waals surface area contributed by atoms with Crippen molar-refractivity contribution in [3.63, 3.8) is 0 Å². The summed E-state index contributed by atoms with van der Waals surface area (Å²) >= 11 is 4.62. The molecular formula is C22H33F3OS. The molecule has 2 rings (SSSR count). The minimum atomic E-state index is -4.64. The maximum absolute atomic E-state index is 12.3. The molecule has 0 aliphatic heterocycles. The Labute approximate surface area is 167 Å². The van der Waals surface area contributed by atoms with Gasteiger partial charge in [0.15, 0.2) is 0 Å². The summed E-state index contributed by atoms with van der Waals surface area (Å²) in [5.41, 5.74) is 0. The molecule has 0 aromatic heterocycles. The van der Waals surface area contributed by atoms with Crippen LogP contribution in [0.1, 0.15) is 71.1 Å². The molecule has 154 valence electrons. The third-order valence-corrected chi connectivity index (χ3v) is 6.33. The summed E-state index contributed by atoms with van der Waals surface area (Å²) in [6.07, 6.45) is 15.9. The minimum Gasteiger partial charge on any atom is -0.406 e. The summed E-state index contributed by atoms with van der Waals surface area (Å²) in [6, 6.07) is 0. The third-order valence-electron chi connectivity index (χ3n) is 5.81. The largest absolute Gasteiger partial charge is 0.573 e. The second-order valence-electron chi connectivity index (χ2n) is 7.93. The standard InChI is InChI=1S/C22H33F3OS/c1-2-3-8-18(19-12-15-21(27)16-13-19)9-4-6-17-7-5-10-20(14-11-17)26-22(23,24)25/h5,7,10-11,14,17-19,21,27H,2-4,6,8-9,12-13,15-16H2,1H3. The Kier molecular flexibility index (Phi) is 9.34. The summed E-state index contributed by atoms with van der Waals surface area (Å²) in [5, 5.41) is 0.579. The van der Waals surface area contributed by atoms with Crippen LogP contribution in [-0.4, -0.2) is 11.6 Å².